The average molecular weight is 603 g/mol. The van der Waals surface area contributed by atoms with Gasteiger partial charge in [0.15, 0.2) is 8.32 Å². The van der Waals surface area contributed by atoms with Crippen molar-refractivity contribution in [1.29, 1.82) is 0 Å². The Balaban J connectivity index is 1.92. The highest BCUT2D eigenvalue weighted by Gasteiger charge is 2.49. The lowest BCUT2D eigenvalue weighted by Crippen LogP contribution is -2.53. The zero-order valence-corrected chi connectivity index (χ0v) is 26.4. The molecule has 1 aromatic heterocycles. The summed E-state index contributed by atoms with van der Waals surface area (Å²) < 4.78 is 42.0. The normalized spacial score (nSPS) is 20.4. The van der Waals surface area contributed by atoms with E-state index in [1.165, 1.54) is 34.9 Å². The number of thiophene rings is 1. The summed E-state index contributed by atoms with van der Waals surface area (Å²) >= 11 is 1.51. The van der Waals surface area contributed by atoms with Crippen molar-refractivity contribution >= 4 is 35.6 Å². The van der Waals surface area contributed by atoms with Crippen LogP contribution in [0.3, 0.4) is 0 Å². The Morgan fingerprint density at radius 2 is 1.75 bits per heavy atom. The van der Waals surface area contributed by atoms with Crippen LogP contribution >= 0.6 is 11.3 Å². The molecule has 1 aliphatic rings. The summed E-state index contributed by atoms with van der Waals surface area (Å²) in [6.45, 7) is 10.6. The van der Waals surface area contributed by atoms with Crippen molar-refractivity contribution in [2.45, 2.75) is 68.3 Å². The van der Waals surface area contributed by atoms with Crippen molar-refractivity contribution in [3.8, 4) is 5.75 Å². The van der Waals surface area contributed by atoms with Gasteiger partial charge in [0.2, 0.25) is 10.0 Å². The molecule has 0 unspecified atom stereocenters. The van der Waals surface area contributed by atoms with Crippen LogP contribution in [0, 0.1) is 0 Å². The summed E-state index contributed by atoms with van der Waals surface area (Å²) in [6.07, 6.45) is -0.192. The molecule has 4 rings (SSSR count). The number of carbonyl (C=O) groups excluding carboxylic acids is 1. The first kappa shape index (κ1) is 30.4. The number of hydroxylamine groups is 1. The van der Waals surface area contributed by atoms with E-state index in [9.17, 15) is 18.4 Å². The van der Waals surface area contributed by atoms with E-state index in [0.29, 0.717) is 12.2 Å². The Labute approximate surface area is 242 Å². The highest BCUT2D eigenvalue weighted by atomic mass is 32.2. The summed E-state index contributed by atoms with van der Waals surface area (Å²) in [5, 5.41) is 11.7. The second kappa shape index (κ2) is 11.7. The Bertz CT molecular complexity index is 1420. The van der Waals surface area contributed by atoms with Gasteiger partial charge in [-0.3, -0.25) is 10.0 Å². The number of hydrogen-bond donors (Lipinski definition) is 2. The van der Waals surface area contributed by atoms with Crippen LogP contribution in [0.1, 0.15) is 48.8 Å². The first-order valence-corrected chi connectivity index (χ1v) is 18.4. The van der Waals surface area contributed by atoms with Gasteiger partial charge in [-0.15, -0.1) is 11.3 Å². The Kier molecular flexibility index (Phi) is 8.93. The molecule has 3 atom stereocenters. The van der Waals surface area contributed by atoms with Crippen LogP contribution in [0.2, 0.25) is 18.1 Å². The van der Waals surface area contributed by atoms with Gasteiger partial charge in [0.05, 0.1) is 18.1 Å². The van der Waals surface area contributed by atoms with Crippen LogP contribution in [-0.4, -0.2) is 51.9 Å². The number of fused-ring (bicyclic) bond motifs is 1. The standard InChI is InChI=1S/C29H38N2O6S2Si/c1-29(2,3)40(5,6)37-25-19-31(39(34,35)22-14-12-21(36-4)13-15-22)26(28(32)30-33)24(23-16-17-38-27(23)25)18-20-10-8-7-9-11-20/h7-17,24-26,33H,18-19H2,1-6H3,(H,30,32)/t24-,25-,26+/m0/s1. The quantitative estimate of drug-likeness (QED) is 0.194. The summed E-state index contributed by atoms with van der Waals surface area (Å²) in [4.78, 5) is 14.4. The fourth-order valence-electron chi connectivity index (χ4n) is 4.85. The van der Waals surface area contributed by atoms with Gasteiger partial charge in [0, 0.05) is 17.3 Å². The van der Waals surface area contributed by atoms with Crippen LogP contribution < -0.4 is 10.2 Å². The SMILES string of the molecule is COc1ccc(S(=O)(=O)N2C[C@H](O[Si](C)(C)C(C)(C)C)c3sccc3[C@H](Cc3ccccc3)[C@@H]2C(=O)NO)cc1. The van der Waals surface area contributed by atoms with Crippen LogP contribution in [0.4, 0.5) is 0 Å². The smallest absolute Gasteiger partial charge is 0.262 e. The van der Waals surface area contributed by atoms with Gasteiger partial charge in [-0.05, 0) is 71.4 Å². The van der Waals surface area contributed by atoms with Crippen LogP contribution in [0.5, 0.6) is 5.75 Å². The maximum absolute atomic E-state index is 14.3. The molecule has 11 heteroatoms. The lowest BCUT2D eigenvalue weighted by molar-refractivity contribution is -0.134. The first-order chi connectivity index (χ1) is 18.8. The molecule has 0 spiro atoms. The molecular weight excluding hydrogens is 565 g/mol. The molecule has 1 aliphatic heterocycles. The van der Waals surface area contributed by atoms with Crippen LogP contribution in [0.25, 0.3) is 0 Å². The van der Waals surface area contributed by atoms with E-state index in [1.54, 1.807) is 17.6 Å². The van der Waals surface area contributed by atoms with Gasteiger partial charge in [0.25, 0.3) is 5.91 Å². The molecule has 0 saturated carbocycles. The second-order valence-electron chi connectivity index (χ2n) is 11.6. The number of nitrogens with one attached hydrogen (secondary N) is 1. The Hall–Kier alpha value is -2.54. The minimum Gasteiger partial charge on any atom is -0.497 e. The van der Waals surface area contributed by atoms with Crippen molar-refractivity contribution < 1.29 is 27.6 Å². The highest BCUT2D eigenvalue weighted by molar-refractivity contribution is 7.89. The van der Waals surface area contributed by atoms with Crippen molar-refractivity contribution in [2.24, 2.45) is 0 Å². The molecule has 0 saturated heterocycles. The van der Waals surface area contributed by atoms with Gasteiger partial charge in [-0.25, -0.2) is 13.9 Å². The monoisotopic (exact) mass is 602 g/mol. The number of rotatable bonds is 8. The third-order valence-corrected chi connectivity index (χ3v) is 15.4. The second-order valence-corrected chi connectivity index (χ2v) is 19.2. The van der Waals surface area contributed by atoms with Gasteiger partial charge in [0.1, 0.15) is 11.8 Å². The third kappa shape index (κ3) is 6.04. The fraction of sp³-hybridized carbons (Fsp3) is 0.414. The minimum atomic E-state index is -4.21. The fourth-order valence-corrected chi connectivity index (χ4v) is 8.81. The zero-order valence-electron chi connectivity index (χ0n) is 23.7. The third-order valence-electron chi connectivity index (χ3n) is 8.04. The molecular formula is C29H38N2O6S2Si. The van der Waals surface area contributed by atoms with E-state index in [1.807, 2.05) is 41.8 Å². The molecule has 0 aliphatic carbocycles. The van der Waals surface area contributed by atoms with Crippen molar-refractivity contribution in [2.75, 3.05) is 13.7 Å². The van der Waals surface area contributed by atoms with Crippen molar-refractivity contribution in [3.05, 3.63) is 82.0 Å². The molecule has 8 nitrogen and oxygen atoms in total. The summed E-state index contributed by atoms with van der Waals surface area (Å²) in [6, 6.07) is 16.5. The first-order valence-electron chi connectivity index (χ1n) is 13.2. The Morgan fingerprint density at radius 1 is 1.10 bits per heavy atom. The van der Waals surface area contributed by atoms with Gasteiger partial charge >= 0.3 is 0 Å². The van der Waals surface area contributed by atoms with E-state index in [2.05, 4.69) is 33.9 Å². The van der Waals surface area contributed by atoms with Crippen molar-refractivity contribution in [1.82, 2.24) is 9.79 Å². The van der Waals surface area contributed by atoms with Gasteiger partial charge < -0.3 is 9.16 Å². The van der Waals surface area contributed by atoms with E-state index >= 15 is 0 Å². The van der Waals surface area contributed by atoms with Crippen LogP contribution in [0.15, 0.2) is 70.9 Å². The average Bonchev–Trinajstić information content (AvgIpc) is 3.36. The minimum absolute atomic E-state index is 0.0267. The highest BCUT2D eigenvalue weighted by Crippen LogP contribution is 2.46. The predicted molar refractivity (Wildman–Crippen MR) is 159 cm³/mol. The van der Waals surface area contributed by atoms with Crippen molar-refractivity contribution in [3.63, 3.8) is 0 Å². The number of methoxy groups -OCH3 is 1. The lowest BCUT2D eigenvalue weighted by atomic mass is 9.86. The molecule has 3 aromatic rings. The van der Waals surface area contributed by atoms with E-state index in [4.69, 9.17) is 9.16 Å². The summed E-state index contributed by atoms with van der Waals surface area (Å²) in [7, 11) is -5.08. The van der Waals surface area contributed by atoms with E-state index in [-0.39, 0.29) is 16.5 Å². The molecule has 2 aromatic carbocycles. The predicted octanol–water partition coefficient (Wildman–Crippen LogP) is 5.72. The van der Waals surface area contributed by atoms with Crippen LogP contribution in [-0.2, 0) is 25.7 Å². The number of ether oxygens (including phenoxy) is 1. The number of hydrogen-bond acceptors (Lipinski definition) is 7. The number of carbonyl (C=O) groups is 1. The molecule has 2 N–H and O–H groups in total. The maximum Gasteiger partial charge on any atom is 0.262 e. The zero-order chi connectivity index (χ0) is 29.3. The van der Waals surface area contributed by atoms with Gasteiger partial charge in [-0.2, -0.15) is 4.31 Å². The molecule has 2 heterocycles. The molecule has 0 bridgehead atoms. The summed E-state index contributed by atoms with van der Waals surface area (Å²) in [5.41, 5.74) is 3.58. The number of benzene rings is 2. The van der Waals surface area contributed by atoms with E-state index < -0.39 is 42.3 Å². The Morgan fingerprint density at radius 3 is 2.33 bits per heavy atom. The molecule has 40 heavy (non-hydrogen) atoms. The number of amides is 1. The summed E-state index contributed by atoms with van der Waals surface area (Å²) in [5.74, 6) is -0.845. The number of sulfonamides is 1. The molecule has 0 fully saturated rings. The molecule has 216 valence electrons. The topological polar surface area (TPSA) is 105 Å². The molecule has 1 amide bonds. The largest absolute Gasteiger partial charge is 0.497 e. The maximum atomic E-state index is 14.3. The number of nitrogens with zero attached hydrogens (tertiary/aromatic N) is 1. The lowest BCUT2D eigenvalue weighted by Gasteiger charge is -2.40. The van der Waals surface area contributed by atoms with Gasteiger partial charge in [-0.1, -0.05) is 51.1 Å². The molecule has 0 radical (unpaired) electrons. The van der Waals surface area contributed by atoms with E-state index in [0.717, 1.165) is 16.0 Å².